The summed E-state index contributed by atoms with van der Waals surface area (Å²) in [6.45, 7) is 5.21. The highest BCUT2D eigenvalue weighted by Gasteiger charge is 2.21. The summed E-state index contributed by atoms with van der Waals surface area (Å²) in [5, 5.41) is 14.3. The van der Waals surface area contributed by atoms with Gasteiger partial charge in [-0.05, 0) is 45.7 Å². The van der Waals surface area contributed by atoms with Crippen LogP contribution in [-0.2, 0) is 9.53 Å². The van der Waals surface area contributed by atoms with Gasteiger partial charge in [0.05, 0.1) is 0 Å². The van der Waals surface area contributed by atoms with Gasteiger partial charge in [0.25, 0.3) is 0 Å². The van der Waals surface area contributed by atoms with Crippen LogP contribution in [0, 0.1) is 0 Å². The minimum absolute atomic E-state index is 0.273. The predicted octanol–water partition coefficient (Wildman–Crippen LogP) is 0.650. The number of ether oxygens (including phenoxy) is 1. The Labute approximate surface area is 126 Å². The van der Waals surface area contributed by atoms with Crippen molar-refractivity contribution in [3.8, 4) is 0 Å². The number of carboxylic acids is 1. The Balaban J connectivity index is 2.27. The lowest BCUT2D eigenvalue weighted by Crippen LogP contribution is -2.49. The first-order valence-corrected chi connectivity index (χ1v) is 7.54. The van der Waals surface area contributed by atoms with Crippen LogP contribution in [0.15, 0.2) is 0 Å². The van der Waals surface area contributed by atoms with E-state index in [-0.39, 0.29) is 6.04 Å². The topological polar surface area (TPSA) is 90.9 Å². The van der Waals surface area contributed by atoms with Gasteiger partial charge in [-0.3, -0.25) is 4.90 Å². The number of carbonyl (C=O) groups is 2. The second-order valence-corrected chi connectivity index (χ2v) is 5.47. The van der Waals surface area contributed by atoms with Crippen molar-refractivity contribution in [2.24, 2.45) is 0 Å². The SMILES string of the molecule is COCCCC(NC(=O)NCC(C)N1CCCC1)C(=O)O. The van der Waals surface area contributed by atoms with Crippen LogP contribution in [0.3, 0.4) is 0 Å². The molecule has 1 fully saturated rings. The molecule has 0 aliphatic carbocycles. The minimum Gasteiger partial charge on any atom is -0.480 e. The molecule has 2 amide bonds. The van der Waals surface area contributed by atoms with Gasteiger partial charge in [-0.15, -0.1) is 0 Å². The summed E-state index contributed by atoms with van der Waals surface area (Å²) < 4.78 is 4.89. The summed E-state index contributed by atoms with van der Waals surface area (Å²) in [6.07, 6.45) is 3.37. The van der Waals surface area contributed by atoms with Gasteiger partial charge in [-0.1, -0.05) is 0 Å². The minimum atomic E-state index is -1.02. The predicted molar refractivity (Wildman–Crippen MR) is 79.3 cm³/mol. The van der Waals surface area contributed by atoms with E-state index in [4.69, 9.17) is 9.84 Å². The molecule has 0 aromatic carbocycles. The Morgan fingerprint density at radius 3 is 2.57 bits per heavy atom. The molecule has 0 saturated carbocycles. The molecule has 0 aromatic heterocycles. The number of likely N-dealkylation sites (tertiary alicyclic amines) is 1. The van der Waals surface area contributed by atoms with Gasteiger partial charge in [-0.25, -0.2) is 9.59 Å². The Bertz CT molecular complexity index is 332. The van der Waals surface area contributed by atoms with Crippen LogP contribution in [0.2, 0.25) is 0 Å². The van der Waals surface area contributed by atoms with Gasteiger partial charge in [0.1, 0.15) is 6.04 Å². The van der Waals surface area contributed by atoms with E-state index < -0.39 is 18.0 Å². The number of hydrogen-bond acceptors (Lipinski definition) is 4. The first-order chi connectivity index (χ1) is 10.0. The summed E-state index contributed by atoms with van der Waals surface area (Å²) in [7, 11) is 1.57. The molecule has 0 radical (unpaired) electrons. The molecule has 7 heteroatoms. The number of methoxy groups -OCH3 is 1. The number of rotatable bonds is 9. The van der Waals surface area contributed by atoms with Crippen LogP contribution < -0.4 is 10.6 Å². The van der Waals surface area contributed by atoms with E-state index in [2.05, 4.69) is 22.5 Å². The van der Waals surface area contributed by atoms with Crippen molar-refractivity contribution < 1.29 is 19.4 Å². The quantitative estimate of drug-likeness (QED) is 0.544. The molecular formula is C14H27N3O4. The average Bonchev–Trinajstić information content (AvgIpc) is 2.98. The summed E-state index contributed by atoms with van der Waals surface area (Å²) in [5.41, 5.74) is 0. The second kappa shape index (κ2) is 9.57. The highest BCUT2D eigenvalue weighted by atomic mass is 16.5. The number of carbonyl (C=O) groups excluding carboxylic acids is 1. The maximum Gasteiger partial charge on any atom is 0.326 e. The third-order valence-electron chi connectivity index (χ3n) is 3.77. The fraction of sp³-hybridized carbons (Fsp3) is 0.857. The van der Waals surface area contributed by atoms with Gasteiger partial charge < -0.3 is 20.5 Å². The molecule has 1 heterocycles. The Morgan fingerprint density at radius 2 is 2.00 bits per heavy atom. The molecule has 2 unspecified atom stereocenters. The number of nitrogens with one attached hydrogen (secondary N) is 2. The van der Waals surface area contributed by atoms with Crippen molar-refractivity contribution in [3.63, 3.8) is 0 Å². The highest BCUT2D eigenvalue weighted by molar-refractivity contribution is 5.82. The summed E-state index contributed by atoms with van der Waals surface area (Å²) in [6, 6.07) is -1.02. The van der Waals surface area contributed by atoms with Crippen molar-refractivity contribution in [2.75, 3.05) is 33.4 Å². The molecular weight excluding hydrogens is 274 g/mol. The lowest BCUT2D eigenvalue weighted by Gasteiger charge is -2.24. The fourth-order valence-corrected chi connectivity index (χ4v) is 2.45. The third-order valence-corrected chi connectivity index (χ3v) is 3.77. The lowest BCUT2D eigenvalue weighted by atomic mass is 10.1. The van der Waals surface area contributed by atoms with Crippen molar-refractivity contribution in [1.29, 1.82) is 0 Å². The zero-order valence-corrected chi connectivity index (χ0v) is 12.9. The number of aliphatic carboxylic acids is 1. The standard InChI is InChI=1S/C14H27N3O4/c1-11(17-7-3-4-8-17)10-15-14(20)16-12(13(18)19)6-5-9-21-2/h11-12H,3-10H2,1-2H3,(H,18,19)(H2,15,16,20). The van der Waals surface area contributed by atoms with Crippen LogP contribution in [0.25, 0.3) is 0 Å². The second-order valence-electron chi connectivity index (χ2n) is 5.47. The van der Waals surface area contributed by atoms with E-state index in [9.17, 15) is 9.59 Å². The van der Waals surface area contributed by atoms with Crippen LogP contribution in [0.4, 0.5) is 4.79 Å². The summed E-state index contributed by atoms with van der Waals surface area (Å²) >= 11 is 0. The van der Waals surface area contributed by atoms with Gasteiger partial charge >= 0.3 is 12.0 Å². The summed E-state index contributed by atoms with van der Waals surface area (Å²) in [4.78, 5) is 25.2. The molecule has 0 spiro atoms. The van der Waals surface area contributed by atoms with Gasteiger partial charge in [0, 0.05) is 26.3 Å². The van der Waals surface area contributed by atoms with Crippen molar-refractivity contribution in [2.45, 2.75) is 44.7 Å². The van der Waals surface area contributed by atoms with E-state index in [0.717, 1.165) is 13.1 Å². The first kappa shape index (κ1) is 17.7. The van der Waals surface area contributed by atoms with Crippen LogP contribution in [0.1, 0.15) is 32.6 Å². The number of amides is 2. The van der Waals surface area contributed by atoms with Gasteiger partial charge in [0.2, 0.25) is 0 Å². The molecule has 1 saturated heterocycles. The maximum absolute atomic E-state index is 11.8. The highest BCUT2D eigenvalue weighted by Crippen LogP contribution is 2.10. The van der Waals surface area contributed by atoms with E-state index in [1.54, 1.807) is 7.11 Å². The number of urea groups is 1. The smallest absolute Gasteiger partial charge is 0.326 e. The van der Waals surface area contributed by atoms with Gasteiger partial charge in [-0.2, -0.15) is 0 Å². The third kappa shape index (κ3) is 6.77. The Morgan fingerprint density at radius 1 is 1.33 bits per heavy atom. The van der Waals surface area contributed by atoms with E-state index in [1.807, 2.05) is 0 Å². The van der Waals surface area contributed by atoms with Crippen LogP contribution >= 0.6 is 0 Å². The van der Waals surface area contributed by atoms with Crippen molar-refractivity contribution in [1.82, 2.24) is 15.5 Å². The Kier molecular flexibility index (Phi) is 8.07. The molecule has 1 aliphatic heterocycles. The van der Waals surface area contributed by atoms with E-state index in [0.29, 0.717) is 26.0 Å². The maximum atomic E-state index is 11.8. The molecule has 0 bridgehead atoms. The first-order valence-electron chi connectivity index (χ1n) is 7.54. The fourth-order valence-electron chi connectivity index (χ4n) is 2.45. The zero-order valence-electron chi connectivity index (χ0n) is 12.9. The number of carboxylic acid groups (broad SMARTS) is 1. The Hall–Kier alpha value is -1.34. The number of nitrogens with zero attached hydrogens (tertiary/aromatic N) is 1. The van der Waals surface area contributed by atoms with E-state index in [1.165, 1.54) is 12.8 Å². The normalized spacial score (nSPS) is 18.2. The van der Waals surface area contributed by atoms with Crippen molar-refractivity contribution in [3.05, 3.63) is 0 Å². The molecule has 0 aromatic rings. The average molecular weight is 301 g/mol. The molecule has 1 aliphatic rings. The molecule has 1 rings (SSSR count). The monoisotopic (exact) mass is 301 g/mol. The number of hydrogen-bond donors (Lipinski definition) is 3. The molecule has 3 N–H and O–H groups in total. The molecule has 7 nitrogen and oxygen atoms in total. The lowest BCUT2D eigenvalue weighted by molar-refractivity contribution is -0.139. The van der Waals surface area contributed by atoms with Crippen LogP contribution in [0.5, 0.6) is 0 Å². The van der Waals surface area contributed by atoms with Gasteiger partial charge in [0.15, 0.2) is 0 Å². The largest absolute Gasteiger partial charge is 0.480 e. The molecule has 122 valence electrons. The van der Waals surface area contributed by atoms with Crippen molar-refractivity contribution >= 4 is 12.0 Å². The zero-order chi connectivity index (χ0) is 15.7. The molecule has 21 heavy (non-hydrogen) atoms. The van der Waals surface area contributed by atoms with Crippen LogP contribution in [-0.4, -0.2) is 67.4 Å². The van der Waals surface area contributed by atoms with E-state index >= 15 is 0 Å². The summed E-state index contributed by atoms with van der Waals surface area (Å²) in [5.74, 6) is -1.02. The molecule has 2 atom stereocenters.